The molecule has 3 fully saturated rings. The van der Waals surface area contributed by atoms with Crippen LogP contribution in [0.4, 0.5) is 4.39 Å². The molecule has 3 aromatic carbocycles. The summed E-state index contributed by atoms with van der Waals surface area (Å²) in [5.41, 5.74) is 2.69. The van der Waals surface area contributed by atoms with E-state index in [4.69, 9.17) is 46.8 Å². The molecule has 12 N–H and O–H groups in total. The van der Waals surface area contributed by atoms with Gasteiger partial charge < -0.3 is 77.1 Å². The van der Waals surface area contributed by atoms with Gasteiger partial charge in [-0.05, 0) is 99.1 Å². The van der Waals surface area contributed by atoms with Gasteiger partial charge in [0, 0.05) is 56.1 Å². The van der Waals surface area contributed by atoms with E-state index in [-0.39, 0.29) is 73.4 Å². The molecule has 0 unspecified atom stereocenters. The number of Topliss-reactive ketones (excluding diaryl/α,β-unsaturated/α-hetero) is 1. The monoisotopic (exact) mass is 1370 g/mol. The van der Waals surface area contributed by atoms with Gasteiger partial charge in [0.15, 0.2) is 17.5 Å². The molecule has 2 bridgehead atoms. The number of aliphatic hydroxyl groups is 3. The minimum atomic E-state index is -2.47. The first-order valence-corrected chi connectivity index (χ1v) is 32.3. The molecule has 7 rings (SSSR count). The van der Waals surface area contributed by atoms with Gasteiger partial charge in [0.1, 0.15) is 54.0 Å². The summed E-state index contributed by atoms with van der Waals surface area (Å²) in [6.45, 7) is 12.5. The van der Waals surface area contributed by atoms with Crippen molar-refractivity contribution in [1.82, 2.24) is 26.6 Å². The van der Waals surface area contributed by atoms with Crippen LogP contribution in [0.25, 0.3) is 6.08 Å². The number of primary amides is 2. The number of amides is 7. The zero-order chi connectivity index (χ0) is 71.7. The first-order chi connectivity index (χ1) is 45.5. The van der Waals surface area contributed by atoms with Crippen LogP contribution in [0, 0.1) is 28.0 Å². The highest BCUT2D eigenvalue weighted by Gasteiger charge is 2.78. The second-order valence-electron chi connectivity index (χ2n) is 26.8. The molecule has 3 aliphatic carbocycles. The summed E-state index contributed by atoms with van der Waals surface area (Å²) in [4.78, 5) is 149. The molecule has 7 amide bonds. The van der Waals surface area contributed by atoms with E-state index in [0.29, 0.717) is 11.1 Å². The Morgan fingerprint density at radius 3 is 2.07 bits per heavy atom. The average Bonchev–Trinajstić information content (AvgIpc) is 0.671. The van der Waals surface area contributed by atoms with Crippen LogP contribution in [0.2, 0.25) is 5.02 Å². The molecule has 1 aliphatic heterocycles. The number of benzene rings is 3. The summed E-state index contributed by atoms with van der Waals surface area (Å²) in [6.07, 6.45) is -9.01. The molecule has 2 saturated carbocycles. The number of carbonyl (C=O) groups excluding carboxylic acids is 11. The molecule has 28 heteroatoms. The highest BCUT2D eigenvalue weighted by molar-refractivity contribution is 6.32. The Morgan fingerprint density at radius 2 is 1.47 bits per heavy atom. The van der Waals surface area contributed by atoms with Crippen LogP contribution in [-0.2, 0) is 71.6 Å². The first-order valence-electron chi connectivity index (χ1n) is 32.0. The van der Waals surface area contributed by atoms with Gasteiger partial charge in [-0.2, -0.15) is 0 Å². The van der Waals surface area contributed by atoms with Crippen LogP contribution in [0.5, 0.6) is 0 Å². The Labute approximate surface area is 565 Å². The summed E-state index contributed by atoms with van der Waals surface area (Å²) in [6, 6.07) is 14.5. The molecule has 4 aliphatic rings. The maximum atomic E-state index is 15.4. The number of ketones is 1. The number of rotatable bonds is 28. The molecule has 1 heterocycles. The van der Waals surface area contributed by atoms with Crippen molar-refractivity contribution < 1.29 is 96.1 Å². The number of hydrogen-bond donors (Lipinski definition) is 10. The summed E-state index contributed by atoms with van der Waals surface area (Å²) in [5.74, 6) is -11.3. The van der Waals surface area contributed by atoms with Crippen LogP contribution in [0.15, 0.2) is 96.1 Å². The number of halogens is 2. The number of fused-ring (bicyclic) bond motifs is 5. The maximum absolute atomic E-state index is 15.4. The van der Waals surface area contributed by atoms with Crippen molar-refractivity contribution in [3.8, 4) is 0 Å². The van der Waals surface area contributed by atoms with Crippen molar-refractivity contribution in [2.24, 2.45) is 33.6 Å². The summed E-state index contributed by atoms with van der Waals surface area (Å²) >= 11 is 5.99. The lowest BCUT2D eigenvalue weighted by molar-refractivity contribution is -0.346. The number of aliphatic hydroxyl groups excluding tert-OH is 2. The zero-order valence-electron chi connectivity index (χ0n) is 55.6. The van der Waals surface area contributed by atoms with Crippen LogP contribution in [0.3, 0.4) is 0 Å². The lowest BCUT2D eigenvalue weighted by Crippen LogP contribution is -2.81. The van der Waals surface area contributed by atoms with Gasteiger partial charge in [0.05, 0.1) is 47.3 Å². The Kier molecular flexibility index (Phi) is 24.6. The molecule has 0 radical (unpaired) electrons. The fourth-order valence-corrected chi connectivity index (χ4v) is 13.5. The van der Waals surface area contributed by atoms with Crippen molar-refractivity contribution in [3.05, 3.63) is 124 Å². The molecule has 14 atom stereocenters. The molecule has 526 valence electrons. The SMILES string of the molecule is CC(=O)O[C@@]12CO[C@@H]1C[C@H](O)[C@@]1(C)C(=O)[C@H](O)C3=C(C)[C@@H](OC(=O)[C@H](OCCC(=O)NCCCC[C@H](NC(=O)CC[C@@H](NC(=O)[C@H](C)NC(=O)/C=C/c4ccc(F)cc4Cl)C(N)=O)C(N)=O)[C@@H](NC(=O)C(C)(C)C)c4ccccc4)C[C@@](O)([C@@H](OC(=O)c4ccccc4)[C@H]21)C3(C)C. The van der Waals surface area contributed by atoms with Crippen LogP contribution in [-0.4, -0.2) is 166 Å². The van der Waals surface area contributed by atoms with E-state index in [1.54, 1.807) is 69.3 Å². The quantitative estimate of drug-likeness (QED) is 0.0164. The normalized spacial score (nSPS) is 25.6. The molecule has 1 saturated heterocycles. The van der Waals surface area contributed by atoms with Crippen LogP contribution < -0.4 is 38.1 Å². The third-order valence-electron chi connectivity index (χ3n) is 18.8. The highest BCUT2D eigenvalue weighted by Crippen LogP contribution is 2.64. The van der Waals surface area contributed by atoms with Gasteiger partial charge in [-0.15, -0.1) is 0 Å². The fourth-order valence-electron chi connectivity index (χ4n) is 13.2. The van der Waals surface area contributed by atoms with Gasteiger partial charge in [0.2, 0.25) is 41.4 Å². The van der Waals surface area contributed by atoms with Gasteiger partial charge in [-0.25, -0.2) is 14.0 Å². The van der Waals surface area contributed by atoms with Crippen LogP contribution >= 0.6 is 11.6 Å². The number of nitrogens with one attached hydrogen (secondary N) is 5. The lowest BCUT2D eigenvalue weighted by Gasteiger charge is -2.67. The number of nitrogens with two attached hydrogens (primary N) is 2. The Bertz CT molecular complexity index is 3550. The van der Waals surface area contributed by atoms with E-state index in [1.165, 1.54) is 58.9 Å². The molecule has 26 nitrogen and oxygen atoms in total. The molecule has 97 heavy (non-hydrogen) atoms. The van der Waals surface area contributed by atoms with Crippen molar-refractivity contribution in [1.29, 1.82) is 0 Å². The fraction of sp³-hybridized carbons (Fsp3) is 0.522. The summed E-state index contributed by atoms with van der Waals surface area (Å²) < 4.78 is 44.6. The highest BCUT2D eigenvalue weighted by atomic mass is 35.5. The third-order valence-corrected chi connectivity index (χ3v) is 19.2. The van der Waals surface area contributed by atoms with Gasteiger partial charge >= 0.3 is 17.9 Å². The molecule has 3 aromatic rings. The van der Waals surface area contributed by atoms with E-state index in [2.05, 4.69) is 26.6 Å². The standard InChI is InChI=1S/C69H87ClFN7O19/c1-36-46(34-69(92)58(96-62(89)41-20-14-11-15-21-41)56-67(9,57(85)54(84)52(36)66(69,7)8)47(80)33-48-68(56,35-94-48)97-38(3)79)95-63(90)55(53(40-18-12-10-13-19-40)78-64(91)65(4,5)6)93-31-29-49(81)74-30-17-16-22-44(59(72)86)76-51(83)28-26-45(60(73)87)77-61(88)37(2)75-50(82)27-24-39-23-25-42(71)32-43(39)70/h10-15,18-21,23-25,27,32,37,44-48,53-56,58,80,84,92H,16-17,22,26,28-31,33-35H2,1-9H3,(H2,72,86)(H2,73,87)(H,74,81)(H,75,82)(H,76,83)(H,77,88)(H,78,91)/b27-24+/t37-,44-,45+,46-,47-,48+,53-,54+,55+,56-,58-,67+,68-,69+/m0/s1. The van der Waals surface area contributed by atoms with Crippen molar-refractivity contribution >= 4 is 82.7 Å². The van der Waals surface area contributed by atoms with Crippen molar-refractivity contribution in [3.63, 3.8) is 0 Å². The van der Waals surface area contributed by atoms with E-state index in [1.807, 2.05) is 0 Å². The van der Waals surface area contributed by atoms with Crippen molar-refractivity contribution in [2.45, 2.75) is 186 Å². The first kappa shape index (κ1) is 75.9. The minimum absolute atomic E-state index is 0.0222. The average molecular weight is 1370 g/mol. The molecule has 0 spiro atoms. The number of unbranched alkanes of at least 4 members (excludes halogenated alkanes) is 1. The largest absolute Gasteiger partial charge is 0.456 e. The lowest BCUT2D eigenvalue weighted by atomic mass is 9.44. The smallest absolute Gasteiger partial charge is 0.338 e. The molecular weight excluding hydrogens is 1290 g/mol. The number of carbonyl (C=O) groups is 11. The van der Waals surface area contributed by atoms with Gasteiger partial charge in [-0.3, -0.25) is 43.2 Å². The van der Waals surface area contributed by atoms with E-state index < -0.39 is 184 Å². The molecule has 0 aromatic heterocycles. The zero-order valence-corrected chi connectivity index (χ0v) is 56.3. The van der Waals surface area contributed by atoms with E-state index in [0.717, 1.165) is 25.1 Å². The Morgan fingerprint density at radius 1 is 0.835 bits per heavy atom. The Balaban J connectivity index is 1.04. The number of hydrogen-bond acceptors (Lipinski definition) is 19. The maximum Gasteiger partial charge on any atom is 0.338 e. The second-order valence-corrected chi connectivity index (χ2v) is 27.3. The predicted molar refractivity (Wildman–Crippen MR) is 347 cm³/mol. The number of ether oxygens (including phenoxy) is 5. The second kappa shape index (κ2) is 31.4. The van der Waals surface area contributed by atoms with Gasteiger partial charge in [-0.1, -0.05) is 101 Å². The molecular formula is C69H87ClFN7O19. The summed E-state index contributed by atoms with van der Waals surface area (Å²) in [5, 5.41) is 51.5. The predicted octanol–water partition coefficient (Wildman–Crippen LogP) is 3.33. The van der Waals surface area contributed by atoms with E-state index >= 15 is 9.59 Å². The van der Waals surface area contributed by atoms with Gasteiger partial charge in [0.25, 0.3) is 0 Å². The van der Waals surface area contributed by atoms with Crippen molar-refractivity contribution in [2.75, 3.05) is 19.8 Å². The Hall–Kier alpha value is -8.47. The number of esters is 3. The topological polar surface area (TPSA) is 407 Å². The summed E-state index contributed by atoms with van der Waals surface area (Å²) in [7, 11) is 0. The van der Waals surface area contributed by atoms with E-state index in [9.17, 15) is 62.9 Å². The minimum Gasteiger partial charge on any atom is -0.456 e. The third kappa shape index (κ3) is 17.1. The van der Waals surface area contributed by atoms with Crippen LogP contribution in [0.1, 0.15) is 141 Å².